The number of aromatic hydroxyl groups is 4. The van der Waals surface area contributed by atoms with Crippen LogP contribution < -0.4 is 17.2 Å². The van der Waals surface area contributed by atoms with Gasteiger partial charge in [0.05, 0.1) is 16.9 Å². The third-order valence-corrected chi connectivity index (χ3v) is 4.38. The molecule has 4 aromatic rings. The van der Waals surface area contributed by atoms with Crippen molar-refractivity contribution in [1.29, 1.82) is 0 Å². The van der Waals surface area contributed by atoms with Gasteiger partial charge < -0.3 is 37.6 Å². The average Bonchev–Trinajstić information content (AvgIpc) is 2.86. The van der Waals surface area contributed by atoms with Crippen molar-refractivity contribution < 1.29 is 25.3 Å². The molecular formula is C26H31ClN4O6. The van der Waals surface area contributed by atoms with Crippen LogP contribution in [0.25, 0.3) is 0 Å². The van der Waals surface area contributed by atoms with Crippen molar-refractivity contribution in [1.82, 2.24) is 0 Å². The fourth-order valence-corrected chi connectivity index (χ4v) is 2.44. The molecular weight excluding hydrogens is 500 g/mol. The summed E-state index contributed by atoms with van der Waals surface area (Å²) in [5.74, 6) is 0.546. The quantitative estimate of drug-likeness (QED) is 0.0866. The number of phenolic OH excluding ortho intramolecular Hbond substituents is 4. The number of nitrogen functional groups attached to an aromatic ring is 2. The summed E-state index contributed by atoms with van der Waals surface area (Å²) in [7, 11) is 0. The van der Waals surface area contributed by atoms with Crippen LogP contribution in [-0.2, 0) is 13.1 Å². The molecule has 10 N–H and O–H groups in total. The fourth-order valence-electron chi connectivity index (χ4n) is 2.44. The van der Waals surface area contributed by atoms with E-state index in [2.05, 4.69) is 0 Å². The first kappa shape index (κ1) is 32.3. The highest BCUT2D eigenvalue weighted by Gasteiger charge is 2.04. The summed E-state index contributed by atoms with van der Waals surface area (Å²) in [4.78, 5) is 9.54. The van der Waals surface area contributed by atoms with Gasteiger partial charge in [-0.05, 0) is 42.5 Å². The molecule has 0 aliphatic heterocycles. The molecule has 0 aromatic heterocycles. The van der Waals surface area contributed by atoms with Crippen LogP contribution in [0.3, 0.4) is 0 Å². The van der Waals surface area contributed by atoms with Gasteiger partial charge in [0, 0.05) is 17.0 Å². The van der Waals surface area contributed by atoms with Gasteiger partial charge >= 0.3 is 0 Å². The zero-order valence-corrected chi connectivity index (χ0v) is 20.7. The number of benzene rings is 4. The van der Waals surface area contributed by atoms with E-state index in [1.54, 1.807) is 78.9 Å². The SMILES string of the molecule is Cl.NCc1ccccc1O.Nc1ccccc1O.Nc1ccccc1O.O=[N+]([O-])Cc1ccccc1O. The minimum Gasteiger partial charge on any atom is -0.508 e. The van der Waals surface area contributed by atoms with E-state index < -0.39 is 4.92 Å². The highest BCUT2D eigenvalue weighted by molar-refractivity contribution is 5.85. The van der Waals surface area contributed by atoms with Gasteiger partial charge in [0.25, 0.3) is 0 Å². The van der Waals surface area contributed by atoms with Crippen molar-refractivity contribution in [3.8, 4) is 23.0 Å². The van der Waals surface area contributed by atoms with E-state index in [0.717, 1.165) is 5.56 Å². The largest absolute Gasteiger partial charge is 0.508 e. The number of hydrogen-bond acceptors (Lipinski definition) is 9. The number of hydrogen-bond donors (Lipinski definition) is 7. The Labute approximate surface area is 220 Å². The van der Waals surface area contributed by atoms with Crippen LogP contribution in [-0.4, -0.2) is 25.3 Å². The van der Waals surface area contributed by atoms with E-state index in [9.17, 15) is 10.1 Å². The second kappa shape index (κ2) is 17.7. The van der Waals surface area contributed by atoms with Crippen molar-refractivity contribution in [3.63, 3.8) is 0 Å². The number of phenols is 4. The summed E-state index contributed by atoms with van der Waals surface area (Å²) in [6.07, 6.45) is 0. The third-order valence-electron chi connectivity index (χ3n) is 4.38. The number of rotatable bonds is 3. The predicted molar refractivity (Wildman–Crippen MR) is 147 cm³/mol. The number of nitrogens with zero attached hydrogens (tertiary/aromatic N) is 1. The lowest BCUT2D eigenvalue weighted by Gasteiger charge is -1.97. The van der Waals surface area contributed by atoms with E-state index in [-0.39, 0.29) is 41.9 Å². The zero-order chi connectivity index (χ0) is 26.9. The summed E-state index contributed by atoms with van der Waals surface area (Å²) >= 11 is 0. The van der Waals surface area contributed by atoms with Gasteiger partial charge in [-0.15, -0.1) is 12.4 Å². The summed E-state index contributed by atoms with van der Waals surface area (Å²) in [5.41, 5.74) is 17.8. The molecule has 4 rings (SSSR count). The molecule has 0 amide bonds. The Morgan fingerprint density at radius 2 is 0.919 bits per heavy atom. The van der Waals surface area contributed by atoms with Crippen LogP contribution in [0.1, 0.15) is 11.1 Å². The van der Waals surface area contributed by atoms with Crippen molar-refractivity contribution in [2.24, 2.45) is 5.73 Å². The van der Waals surface area contributed by atoms with Gasteiger partial charge in [0.1, 0.15) is 23.0 Å². The van der Waals surface area contributed by atoms with Gasteiger partial charge in [0.15, 0.2) is 0 Å². The monoisotopic (exact) mass is 530 g/mol. The van der Waals surface area contributed by atoms with Crippen LogP contribution in [0.15, 0.2) is 97.1 Å². The van der Waals surface area contributed by atoms with Gasteiger partial charge in [-0.1, -0.05) is 54.6 Å². The minimum absolute atomic E-state index is 0. The number of halogens is 1. The topological polar surface area (TPSA) is 202 Å². The third kappa shape index (κ3) is 13.1. The van der Waals surface area contributed by atoms with Crippen LogP contribution in [0.4, 0.5) is 11.4 Å². The van der Waals surface area contributed by atoms with Crippen LogP contribution in [0, 0.1) is 10.1 Å². The molecule has 0 fully saturated rings. The number of anilines is 2. The van der Waals surface area contributed by atoms with Crippen LogP contribution >= 0.6 is 12.4 Å². The first-order valence-corrected chi connectivity index (χ1v) is 10.6. The Morgan fingerprint density at radius 1 is 0.595 bits per heavy atom. The van der Waals surface area contributed by atoms with Gasteiger partial charge in [0.2, 0.25) is 6.54 Å². The summed E-state index contributed by atoms with van der Waals surface area (Å²) in [5, 5.41) is 45.7. The Balaban J connectivity index is 0.000000467. The molecule has 0 saturated carbocycles. The molecule has 0 unspecified atom stereocenters. The molecule has 4 aromatic carbocycles. The molecule has 0 atom stereocenters. The highest BCUT2D eigenvalue weighted by atomic mass is 35.5. The Bertz CT molecular complexity index is 1140. The van der Waals surface area contributed by atoms with E-state index in [1.807, 2.05) is 6.07 Å². The summed E-state index contributed by atoms with van der Waals surface area (Å²) in [6.45, 7) is 0.0688. The van der Waals surface area contributed by atoms with Gasteiger partial charge in [-0.2, -0.15) is 0 Å². The standard InChI is InChI=1S/C7H7NO3.C7H9NO.2C6H7NO.ClH/c9-7-4-2-1-3-6(7)5-8(10)11;8-5-6-3-1-2-4-7(6)9;2*7-5-3-1-2-4-6(5)8;/h1-4,9H,5H2;1-4,9H,5,8H2;2*1-4,8H,7H2;1H. The first-order chi connectivity index (χ1) is 17.1. The van der Waals surface area contributed by atoms with Gasteiger partial charge in [-0.3, -0.25) is 10.1 Å². The molecule has 198 valence electrons. The van der Waals surface area contributed by atoms with Crippen molar-refractivity contribution in [2.45, 2.75) is 13.1 Å². The Kier molecular flexibility index (Phi) is 15.5. The smallest absolute Gasteiger partial charge is 0.232 e. The van der Waals surface area contributed by atoms with Crippen LogP contribution in [0.5, 0.6) is 23.0 Å². The Morgan fingerprint density at radius 3 is 1.16 bits per heavy atom. The molecule has 0 radical (unpaired) electrons. The molecule has 0 saturated heterocycles. The van der Waals surface area contributed by atoms with E-state index in [1.165, 1.54) is 12.1 Å². The molecule has 11 heteroatoms. The summed E-state index contributed by atoms with van der Waals surface area (Å²) < 4.78 is 0. The minimum atomic E-state index is -0.477. The highest BCUT2D eigenvalue weighted by Crippen LogP contribution is 2.17. The fraction of sp³-hybridized carbons (Fsp3) is 0.0769. The van der Waals surface area contributed by atoms with Crippen molar-refractivity contribution in [2.75, 3.05) is 11.5 Å². The number of nitrogens with two attached hydrogens (primary N) is 3. The predicted octanol–water partition coefficient (Wildman–Crippen LogP) is 4.39. The van der Waals surface area contributed by atoms with Crippen molar-refractivity contribution >= 4 is 23.8 Å². The second-order valence-electron chi connectivity index (χ2n) is 7.07. The zero-order valence-electron chi connectivity index (χ0n) is 19.8. The van der Waals surface area contributed by atoms with E-state index in [0.29, 0.717) is 23.5 Å². The first-order valence-electron chi connectivity index (χ1n) is 10.6. The van der Waals surface area contributed by atoms with Gasteiger partial charge in [-0.25, -0.2) is 0 Å². The molecule has 0 aliphatic rings. The lowest BCUT2D eigenvalue weighted by molar-refractivity contribution is -0.496. The lowest BCUT2D eigenvalue weighted by Crippen LogP contribution is -1.97. The Hall–Kier alpha value is -4.67. The molecule has 37 heavy (non-hydrogen) atoms. The normalized spacial score (nSPS) is 9.00. The van der Waals surface area contributed by atoms with Crippen LogP contribution in [0.2, 0.25) is 0 Å². The van der Waals surface area contributed by atoms with Crippen molar-refractivity contribution in [3.05, 3.63) is 118 Å². The second-order valence-corrected chi connectivity index (χ2v) is 7.07. The lowest BCUT2D eigenvalue weighted by atomic mass is 10.2. The molecule has 0 bridgehead atoms. The maximum atomic E-state index is 10.0. The maximum absolute atomic E-state index is 10.0. The molecule has 0 heterocycles. The summed E-state index contributed by atoms with van der Waals surface area (Å²) in [6, 6.07) is 26.7. The van der Waals surface area contributed by atoms with E-state index >= 15 is 0 Å². The molecule has 0 spiro atoms. The molecule has 0 aliphatic carbocycles. The van der Waals surface area contributed by atoms with E-state index in [4.69, 9.17) is 37.6 Å². The average molecular weight is 531 g/mol. The maximum Gasteiger partial charge on any atom is 0.232 e. The molecule has 10 nitrogen and oxygen atoms in total. The number of nitro groups is 1. The number of para-hydroxylation sites is 6.